The van der Waals surface area contributed by atoms with Crippen molar-refractivity contribution in [2.75, 3.05) is 10.6 Å². The zero-order valence-corrected chi connectivity index (χ0v) is 18.7. The molecule has 0 saturated carbocycles. The van der Waals surface area contributed by atoms with E-state index in [2.05, 4.69) is 10.6 Å². The van der Waals surface area contributed by atoms with Gasteiger partial charge in [-0.2, -0.15) is 13.2 Å². The van der Waals surface area contributed by atoms with E-state index in [-0.39, 0.29) is 12.2 Å². The Labute approximate surface area is 204 Å². The maximum atomic E-state index is 13.0. The van der Waals surface area contributed by atoms with Gasteiger partial charge in [0.25, 0.3) is 5.91 Å². The molecule has 0 spiro atoms. The first-order chi connectivity index (χ1) is 17.1. The molecular weight excluding hydrogens is 473 g/mol. The third kappa shape index (κ3) is 5.64. The number of anilines is 2. The smallest absolute Gasteiger partial charge is 0.416 e. The second-order valence-corrected chi connectivity index (χ2v) is 8.10. The topological polar surface area (TPSA) is 98.7 Å². The zero-order valence-electron chi connectivity index (χ0n) is 18.7. The summed E-state index contributed by atoms with van der Waals surface area (Å²) >= 11 is 0. The molecule has 0 saturated heterocycles. The van der Waals surface area contributed by atoms with Crippen molar-refractivity contribution in [1.29, 1.82) is 0 Å². The Morgan fingerprint density at radius 2 is 1.75 bits per heavy atom. The number of carbonyl (C=O) groups excluding carboxylic acids is 2. The van der Waals surface area contributed by atoms with Crippen LogP contribution in [0.2, 0.25) is 0 Å². The SMILES string of the molecule is O=C(C=CC=C(c1ccc(C(F)(F)F)cc1)c1cccc(O)c1)Nc1cccc2c1CC(O)C(=O)N2. The van der Waals surface area contributed by atoms with Crippen molar-refractivity contribution in [1.82, 2.24) is 0 Å². The molecule has 184 valence electrons. The van der Waals surface area contributed by atoms with Gasteiger partial charge in [-0.15, -0.1) is 0 Å². The second kappa shape index (κ2) is 10.1. The Hall–Kier alpha value is -4.37. The number of benzene rings is 3. The van der Waals surface area contributed by atoms with Crippen LogP contribution in [0.15, 0.2) is 85.0 Å². The van der Waals surface area contributed by atoms with Crippen molar-refractivity contribution in [3.8, 4) is 5.75 Å². The molecule has 1 aliphatic heterocycles. The molecule has 1 heterocycles. The fourth-order valence-corrected chi connectivity index (χ4v) is 3.82. The Bertz CT molecular complexity index is 1360. The minimum absolute atomic E-state index is 0.0184. The molecule has 0 bridgehead atoms. The van der Waals surface area contributed by atoms with Gasteiger partial charge < -0.3 is 20.8 Å². The van der Waals surface area contributed by atoms with E-state index in [0.717, 1.165) is 12.1 Å². The molecule has 0 aromatic heterocycles. The predicted molar refractivity (Wildman–Crippen MR) is 129 cm³/mol. The maximum Gasteiger partial charge on any atom is 0.416 e. The largest absolute Gasteiger partial charge is 0.508 e. The first-order valence-electron chi connectivity index (χ1n) is 10.9. The van der Waals surface area contributed by atoms with Crippen LogP contribution in [0.3, 0.4) is 0 Å². The first-order valence-corrected chi connectivity index (χ1v) is 10.9. The molecule has 0 fully saturated rings. The lowest BCUT2D eigenvalue weighted by Crippen LogP contribution is -2.34. The number of aliphatic hydroxyl groups is 1. The number of hydrogen-bond acceptors (Lipinski definition) is 4. The van der Waals surface area contributed by atoms with Crippen LogP contribution in [0, 0.1) is 0 Å². The van der Waals surface area contributed by atoms with E-state index in [4.69, 9.17) is 0 Å². The number of aliphatic hydroxyl groups excluding tert-OH is 1. The number of rotatable bonds is 5. The molecule has 1 unspecified atom stereocenters. The summed E-state index contributed by atoms with van der Waals surface area (Å²) < 4.78 is 38.9. The maximum absolute atomic E-state index is 13.0. The standard InChI is InChI=1S/C27H21F3N2O4/c28-27(29,30)18-12-10-16(11-13-18)20(17-4-1-5-19(33)14-17)6-2-9-25(35)31-22-7-3-8-23-21(22)15-24(34)26(36)32-23/h1-14,24,33-34H,15H2,(H,31,35)(H,32,36). The summed E-state index contributed by atoms with van der Waals surface area (Å²) in [6, 6.07) is 15.8. The van der Waals surface area contributed by atoms with Gasteiger partial charge in [-0.3, -0.25) is 9.59 Å². The first kappa shape index (κ1) is 24.7. The second-order valence-electron chi connectivity index (χ2n) is 8.10. The van der Waals surface area contributed by atoms with Gasteiger partial charge in [0, 0.05) is 29.4 Å². The number of phenols is 1. The molecule has 0 aliphatic carbocycles. The van der Waals surface area contributed by atoms with Gasteiger partial charge in [-0.1, -0.05) is 42.5 Å². The highest BCUT2D eigenvalue weighted by atomic mass is 19.4. The molecule has 2 amide bonds. The van der Waals surface area contributed by atoms with Crippen LogP contribution in [0.5, 0.6) is 5.75 Å². The van der Waals surface area contributed by atoms with Crippen molar-refractivity contribution >= 4 is 28.8 Å². The quantitative estimate of drug-likeness (QED) is 0.300. The summed E-state index contributed by atoms with van der Waals surface area (Å²) in [5, 5.41) is 25.0. The molecule has 1 atom stereocenters. The highest BCUT2D eigenvalue weighted by molar-refractivity contribution is 6.03. The van der Waals surface area contributed by atoms with Crippen molar-refractivity contribution in [3.63, 3.8) is 0 Å². The number of fused-ring (bicyclic) bond motifs is 1. The predicted octanol–water partition coefficient (Wildman–Crippen LogP) is 4.89. The monoisotopic (exact) mass is 494 g/mol. The number of amides is 2. The minimum Gasteiger partial charge on any atom is -0.508 e. The third-order valence-corrected chi connectivity index (χ3v) is 5.58. The Morgan fingerprint density at radius 3 is 2.44 bits per heavy atom. The molecule has 3 aromatic rings. The van der Waals surface area contributed by atoms with Gasteiger partial charge in [0.1, 0.15) is 11.9 Å². The fraction of sp³-hybridized carbons (Fsp3) is 0.111. The summed E-state index contributed by atoms with van der Waals surface area (Å²) in [6.07, 6.45) is -1.40. The minimum atomic E-state index is -4.47. The van der Waals surface area contributed by atoms with Gasteiger partial charge in [-0.25, -0.2) is 0 Å². The molecule has 6 nitrogen and oxygen atoms in total. The molecular formula is C27H21F3N2O4. The number of alkyl halides is 3. The van der Waals surface area contributed by atoms with E-state index < -0.39 is 29.7 Å². The molecule has 4 N–H and O–H groups in total. The lowest BCUT2D eigenvalue weighted by atomic mass is 9.96. The summed E-state index contributed by atoms with van der Waals surface area (Å²) in [5.74, 6) is -1.03. The van der Waals surface area contributed by atoms with Gasteiger partial charge in [0.2, 0.25) is 5.91 Å². The van der Waals surface area contributed by atoms with Gasteiger partial charge in [-0.05, 0) is 53.1 Å². The van der Waals surface area contributed by atoms with E-state index in [0.29, 0.717) is 33.6 Å². The van der Waals surface area contributed by atoms with Crippen LogP contribution in [-0.4, -0.2) is 28.1 Å². The summed E-state index contributed by atoms with van der Waals surface area (Å²) in [6.45, 7) is 0. The molecule has 1 aliphatic rings. The molecule has 3 aromatic carbocycles. The van der Waals surface area contributed by atoms with E-state index >= 15 is 0 Å². The number of nitrogens with one attached hydrogen (secondary N) is 2. The Morgan fingerprint density at radius 1 is 1.03 bits per heavy atom. The average Bonchev–Trinajstić information content (AvgIpc) is 2.83. The zero-order chi connectivity index (χ0) is 25.9. The van der Waals surface area contributed by atoms with Crippen LogP contribution in [0.1, 0.15) is 22.3 Å². The fourth-order valence-electron chi connectivity index (χ4n) is 3.82. The van der Waals surface area contributed by atoms with Crippen LogP contribution in [-0.2, 0) is 22.2 Å². The molecule has 4 rings (SSSR count). The summed E-state index contributed by atoms with van der Waals surface area (Å²) in [7, 11) is 0. The number of aromatic hydroxyl groups is 1. The lowest BCUT2D eigenvalue weighted by Gasteiger charge is -2.23. The van der Waals surface area contributed by atoms with Crippen LogP contribution in [0.25, 0.3) is 5.57 Å². The van der Waals surface area contributed by atoms with Crippen molar-refractivity contribution in [2.24, 2.45) is 0 Å². The number of hydrogen-bond donors (Lipinski definition) is 4. The summed E-state index contributed by atoms with van der Waals surface area (Å²) in [5.41, 5.74) is 2.23. The van der Waals surface area contributed by atoms with E-state index in [1.807, 2.05) is 0 Å². The highest BCUT2D eigenvalue weighted by Crippen LogP contribution is 2.32. The van der Waals surface area contributed by atoms with Crippen LogP contribution < -0.4 is 10.6 Å². The molecule has 0 radical (unpaired) electrons. The number of carbonyl (C=O) groups is 2. The number of halogens is 3. The van der Waals surface area contributed by atoms with Gasteiger partial charge >= 0.3 is 6.18 Å². The summed E-state index contributed by atoms with van der Waals surface area (Å²) in [4.78, 5) is 24.2. The number of phenolic OH excluding ortho intramolecular Hbond substituents is 1. The average molecular weight is 494 g/mol. The lowest BCUT2D eigenvalue weighted by molar-refractivity contribution is -0.137. The van der Waals surface area contributed by atoms with Gasteiger partial charge in [0.15, 0.2) is 0 Å². The van der Waals surface area contributed by atoms with E-state index in [1.165, 1.54) is 36.4 Å². The normalized spacial score (nSPS) is 15.9. The van der Waals surface area contributed by atoms with Crippen molar-refractivity contribution in [3.05, 3.63) is 107 Å². The molecule has 9 heteroatoms. The van der Waals surface area contributed by atoms with Crippen LogP contribution >= 0.6 is 0 Å². The third-order valence-electron chi connectivity index (χ3n) is 5.58. The van der Waals surface area contributed by atoms with E-state index in [9.17, 15) is 33.0 Å². The van der Waals surface area contributed by atoms with Crippen LogP contribution in [0.4, 0.5) is 24.5 Å². The van der Waals surface area contributed by atoms with Gasteiger partial charge in [0.05, 0.1) is 5.56 Å². The Kier molecular flexibility index (Phi) is 6.93. The Balaban J connectivity index is 1.59. The highest BCUT2D eigenvalue weighted by Gasteiger charge is 2.30. The van der Waals surface area contributed by atoms with Crippen molar-refractivity contribution in [2.45, 2.75) is 18.7 Å². The number of allylic oxidation sites excluding steroid dienone is 2. The molecule has 36 heavy (non-hydrogen) atoms. The van der Waals surface area contributed by atoms with E-state index in [1.54, 1.807) is 36.4 Å². The van der Waals surface area contributed by atoms with Crippen molar-refractivity contribution < 1.29 is 33.0 Å².